The van der Waals surface area contributed by atoms with Gasteiger partial charge in [0, 0.05) is 61.8 Å². The summed E-state index contributed by atoms with van der Waals surface area (Å²) >= 11 is 0. The average Bonchev–Trinajstić information content (AvgIpc) is 3.68. The molecule has 3 heterocycles. The predicted molar refractivity (Wildman–Crippen MR) is 187 cm³/mol. The van der Waals surface area contributed by atoms with Crippen LogP contribution in [-0.4, -0.2) is 71.2 Å². The molecule has 0 bridgehead atoms. The second kappa shape index (κ2) is 12.9. The van der Waals surface area contributed by atoms with E-state index < -0.39 is 10.0 Å². The number of benzene rings is 3. The normalized spacial score (nSPS) is 11.7. The molecule has 1 N–H and O–H groups in total. The summed E-state index contributed by atoms with van der Waals surface area (Å²) in [6, 6.07) is 27.5. The molecule has 6 rings (SSSR count). The first-order chi connectivity index (χ1) is 22.6. The summed E-state index contributed by atoms with van der Waals surface area (Å²) in [5.41, 5.74) is 6.59. The van der Waals surface area contributed by atoms with Crippen LogP contribution in [-0.2, 0) is 23.1 Å². The molecule has 47 heavy (non-hydrogen) atoms. The molecule has 0 saturated heterocycles. The largest absolute Gasteiger partial charge is 0.331 e. The molecule has 240 valence electrons. The molecule has 3 aromatic heterocycles. The minimum absolute atomic E-state index is 0.177. The Hall–Kier alpha value is -5.26. The number of aromatic nitrogens is 4. The summed E-state index contributed by atoms with van der Waals surface area (Å²) in [6.07, 6.45) is 3.63. The molecule has 11 heteroatoms. The minimum Gasteiger partial charge on any atom is -0.331 e. The third-order valence-corrected chi connectivity index (χ3v) is 9.57. The minimum atomic E-state index is -4.03. The van der Waals surface area contributed by atoms with Crippen LogP contribution < -0.4 is 5.32 Å². The highest BCUT2D eigenvalue weighted by Crippen LogP contribution is 2.40. The lowest BCUT2D eigenvalue weighted by molar-refractivity contribution is 0.230. The van der Waals surface area contributed by atoms with Gasteiger partial charge in [0.25, 0.3) is 10.0 Å². The Morgan fingerprint density at radius 2 is 1.60 bits per heavy atom. The van der Waals surface area contributed by atoms with Crippen LogP contribution in [0.15, 0.2) is 108 Å². The standard InChI is InChI=1S/C36H37N7O3S/c1-6-42-24-32(34(39-42)26-15-17-28(18-16-26)38-36(44)41(4)5)30-19-20-37-35-31(30)22-33(27-12-10-11-25(21-27)23-40(2)3)43(35)47(45,46)29-13-8-7-9-14-29/h7-22,24H,6,23H2,1-5H3,(H,38,44). The van der Waals surface area contributed by atoms with Gasteiger partial charge in [-0.25, -0.2) is 22.2 Å². The van der Waals surface area contributed by atoms with Gasteiger partial charge in [-0.3, -0.25) is 4.68 Å². The molecule has 0 saturated carbocycles. The van der Waals surface area contributed by atoms with Gasteiger partial charge < -0.3 is 15.1 Å². The Morgan fingerprint density at radius 3 is 2.28 bits per heavy atom. The number of urea groups is 1. The average molecular weight is 648 g/mol. The van der Waals surface area contributed by atoms with E-state index in [0.29, 0.717) is 35.5 Å². The van der Waals surface area contributed by atoms with Gasteiger partial charge >= 0.3 is 6.03 Å². The van der Waals surface area contributed by atoms with E-state index in [1.54, 1.807) is 50.6 Å². The zero-order chi connectivity index (χ0) is 33.3. The first-order valence-corrected chi connectivity index (χ1v) is 16.7. The molecule has 0 atom stereocenters. The zero-order valence-electron chi connectivity index (χ0n) is 27.0. The summed E-state index contributed by atoms with van der Waals surface area (Å²) in [5.74, 6) is 0. The van der Waals surface area contributed by atoms with Crippen molar-refractivity contribution in [2.75, 3.05) is 33.5 Å². The predicted octanol–water partition coefficient (Wildman–Crippen LogP) is 6.65. The van der Waals surface area contributed by atoms with Crippen molar-refractivity contribution >= 4 is 32.8 Å². The van der Waals surface area contributed by atoms with Gasteiger partial charge in [0.1, 0.15) is 5.69 Å². The quantitative estimate of drug-likeness (QED) is 0.189. The van der Waals surface area contributed by atoms with Crippen molar-refractivity contribution in [3.8, 4) is 33.6 Å². The molecule has 0 unspecified atom stereocenters. The Kier molecular flexibility index (Phi) is 8.67. The molecular formula is C36H37N7O3S. The number of nitrogens with one attached hydrogen (secondary N) is 1. The number of pyridine rings is 1. The Bertz CT molecular complexity index is 2170. The number of carbonyl (C=O) groups excluding carboxylic acids is 1. The molecule has 2 amide bonds. The van der Waals surface area contributed by atoms with E-state index in [4.69, 9.17) is 5.10 Å². The first-order valence-electron chi connectivity index (χ1n) is 15.3. The molecule has 0 spiro atoms. The number of rotatable bonds is 9. The number of nitrogens with zero attached hydrogens (tertiary/aromatic N) is 6. The SMILES string of the molecule is CCn1cc(-c2ccnc3c2cc(-c2cccc(CN(C)C)c2)n3S(=O)(=O)c2ccccc2)c(-c2ccc(NC(=O)N(C)C)cc2)n1. The number of amides is 2. The Morgan fingerprint density at radius 1 is 0.851 bits per heavy atom. The van der Waals surface area contributed by atoms with E-state index in [-0.39, 0.29) is 10.9 Å². The number of carbonyl (C=O) groups is 1. The van der Waals surface area contributed by atoms with E-state index >= 15 is 0 Å². The Balaban J connectivity index is 1.56. The van der Waals surface area contributed by atoms with E-state index in [1.807, 2.05) is 92.6 Å². The van der Waals surface area contributed by atoms with Crippen LogP contribution in [0.4, 0.5) is 10.5 Å². The lowest BCUT2D eigenvalue weighted by atomic mass is 9.99. The third-order valence-electron chi connectivity index (χ3n) is 7.86. The van der Waals surface area contributed by atoms with Gasteiger partial charge in [0.15, 0.2) is 5.65 Å². The highest BCUT2D eigenvalue weighted by molar-refractivity contribution is 7.90. The van der Waals surface area contributed by atoms with Gasteiger partial charge in [-0.1, -0.05) is 48.5 Å². The van der Waals surface area contributed by atoms with Gasteiger partial charge in [-0.2, -0.15) is 5.10 Å². The van der Waals surface area contributed by atoms with Crippen molar-refractivity contribution < 1.29 is 13.2 Å². The topological polar surface area (TPSA) is 105 Å². The van der Waals surface area contributed by atoms with Gasteiger partial charge in [-0.15, -0.1) is 0 Å². The smallest absolute Gasteiger partial charge is 0.321 e. The van der Waals surface area contributed by atoms with Crippen LogP contribution >= 0.6 is 0 Å². The number of hydrogen-bond acceptors (Lipinski definition) is 6. The molecule has 0 radical (unpaired) electrons. The van der Waals surface area contributed by atoms with Crippen molar-refractivity contribution in [2.24, 2.45) is 0 Å². The summed E-state index contributed by atoms with van der Waals surface area (Å²) in [6.45, 7) is 3.37. The van der Waals surface area contributed by atoms with Crippen LogP contribution in [0.1, 0.15) is 12.5 Å². The molecule has 3 aromatic carbocycles. The molecule has 10 nitrogen and oxygen atoms in total. The molecule has 0 fully saturated rings. The fourth-order valence-corrected chi connectivity index (χ4v) is 7.09. The lowest BCUT2D eigenvalue weighted by Crippen LogP contribution is -2.27. The lowest BCUT2D eigenvalue weighted by Gasteiger charge is -2.14. The van der Waals surface area contributed by atoms with Crippen LogP contribution in [0.25, 0.3) is 44.7 Å². The molecule has 0 aliphatic rings. The fourth-order valence-electron chi connectivity index (χ4n) is 5.59. The number of fused-ring (bicyclic) bond motifs is 1. The van der Waals surface area contributed by atoms with Crippen molar-refractivity contribution in [1.29, 1.82) is 0 Å². The second-order valence-corrected chi connectivity index (χ2v) is 13.6. The maximum absolute atomic E-state index is 14.4. The highest BCUT2D eigenvalue weighted by Gasteiger charge is 2.27. The van der Waals surface area contributed by atoms with Gasteiger partial charge in [-0.05, 0) is 80.2 Å². The van der Waals surface area contributed by atoms with Crippen LogP contribution in [0.5, 0.6) is 0 Å². The fraction of sp³-hybridized carbons (Fsp3) is 0.194. The maximum atomic E-state index is 14.4. The molecule has 0 aliphatic carbocycles. The third kappa shape index (κ3) is 6.27. The highest BCUT2D eigenvalue weighted by atomic mass is 32.2. The number of anilines is 1. The van der Waals surface area contributed by atoms with Crippen molar-refractivity contribution in [1.82, 2.24) is 28.5 Å². The maximum Gasteiger partial charge on any atom is 0.321 e. The second-order valence-electron chi connectivity index (χ2n) is 11.8. The summed E-state index contributed by atoms with van der Waals surface area (Å²) in [5, 5.41) is 8.45. The van der Waals surface area contributed by atoms with E-state index in [0.717, 1.165) is 33.5 Å². The zero-order valence-corrected chi connectivity index (χ0v) is 27.9. The van der Waals surface area contributed by atoms with E-state index in [9.17, 15) is 13.2 Å². The summed E-state index contributed by atoms with van der Waals surface area (Å²) in [7, 11) is 3.34. The molecule has 0 aliphatic heterocycles. The number of aryl methyl sites for hydroxylation is 1. The molecular weight excluding hydrogens is 611 g/mol. The monoisotopic (exact) mass is 647 g/mol. The van der Waals surface area contributed by atoms with Crippen molar-refractivity contribution in [3.63, 3.8) is 0 Å². The van der Waals surface area contributed by atoms with Crippen LogP contribution in [0.3, 0.4) is 0 Å². The van der Waals surface area contributed by atoms with E-state index in [1.165, 1.54) is 8.87 Å². The van der Waals surface area contributed by atoms with E-state index in [2.05, 4.69) is 15.2 Å². The van der Waals surface area contributed by atoms with Crippen LogP contribution in [0, 0.1) is 0 Å². The number of hydrogen-bond donors (Lipinski definition) is 1. The van der Waals surface area contributed by atoms with Gasteiger partial charge in [0.2, 0.25) is 0 Å². The first kappa shape index (κ1) is 31.7. The summed E-state index contributed by atoms with van der Waals surface area (Å²) < 4.78 is 32.0. The van der Waals surface area contributed by atoms with Crippen LogP contribution in [0.2, 0.25) is 0 Å². The Labute approximate surface area is 274 Å². The molecule has 6 aromatic rings. The van der Waals surface area contributed by atoms with Crippen molar-refractivity contribution in [3.05, 3.63) is 109 Å². The van der Waals surface area contributed by atoms with Gasteiger partial charge in [0.05, 0.1) is 10.6 Å². The van der Waals surface area contributed by atoms with Crippen molar-refractivity contribution in [2.45, 2.75) is 24.9 Å². The summed E-state index contributed by atoms with van der Waals surface area (Å²) in [4.78, 5) is 20.6.